The summed E-state index contributed by atoms with van der Waals surface area (Å²) in [5.41, 5.74) is 2.71. The predicted octanol–water partition coefficient (Wildman–Crippen LogP) is 4.48. The lowest BCUT2D eigenvalue weighted by molar-refractivity contribution is 0.473. The van der Waals surface area contributed by atoms with E-state index in [0.717, 1.165) is 5.92 Å². The summed E-state index contributed by atoms with van der Waals surface area (Å²) in [6, 6.07) is 8.54. The van der Waals surface area contributed by atoms with Gasteiger partial charge in [-0.1, -0.05) is 64.1 Å². The van der Waals surface area contributed by atoms with E-state index in [1.165, 1.54) is 17.5 Å². The van der Waals surface area contributed by atoms with Crippen molar-refractivity contribution in [3.8, 4) is 0 Å². The largest absolute Gasteiger partial charge is 0.0985 e. The van der Waals surface area contributed by atoms with Crippen molar-refractivity contribution in [2.45, 2.75) is 33.1 Å². The Kier molecular flexibility index (Phi) is 3.94. The fourth-order valence-electron chi connectivity index (χ4n) is 1.77. The Morgan fingerprint density at radius 1 is 1.29 bits per heavy atom. The standard InChI is InChI=1S/C14H20/c1-5-11(3)12(4)14-10-8-7-9-13(14)6-2/h6-12H,2,5H2,1,3-4H3. The SMILES string of the molecule is C=Cc1ccccc1C(C)C(C)CC. The first kappa shape index (κ1) is 11.0. The first-order chi connectivity index (χ1) is 6.70. The highest BCUT2D eigenvalue weighted by molar-refractivity contribution is 5.52. The van der Waals surface area contributed by atoms with Crippen molar-refractivity contribution in [3.63, 3.8) is 0 Å². The van der Waals surface area contributed by atoms with Gasteiger partial charge in [0.15, 0.2) is 0 Å². The van der Waals surface area contributed by atoms with Gasteiger partial charge in [0.05, 0.1) is 0 Å². The van der Waals surface area contributed by atoms with Gasteiger partial charge in [-0.3, -0.25) is 0 Å². The maximum Gasteiger partial charge on any atom is -0.0159 e. The van der Waals surface area contributed by atoms with Crippen LogP contribution in [0.4, 0.5) is 0 Å². The van der Waals surface area contributed by atoms with Gasteiger partial charge in [0, 0.05) is 0 Å². The Bertz CT molecular complexity index is 299. The van der Waals surface area contributed by atoms with Crippen LogP contribution in [0.25, 0.3) is 6.08 Å². The van der Waals surface area contributed by atoms with Crippen molar-refractivity contribution < 1.29 is 0 Å². The molecule has 0 heterocycles. The summed E-state index contributed by atoms with van der Waals surface area (Å²) in [5.74, 6) is 1.35. The molecule has 0 saturated heterocycles. The van der Waals surface area contributed by atoms with Gasteiger partial charge in [0.25, 0.3) is 0 Å². The zero-order valence-electron chi connectivity index (χ0n) is 9.46. The molecule has 0 aliphatic carbocycles. The normalized spacial score (nSPS) is 14.8. The van der Waals surface area contributed by atoms with Gasteiger partial charge in [-0.15, -0.1) is 0 Å². The van der Waals surface area contributed by atoms with Crippen molar-refractivity contribution in [2.75, 3.05) is 0 Å². The monoisotopic (exact) mass is 188 g/mol. The summed E-state index contributed by atoms with van der Waals surface area (Å²) in [5, 5.41) is 0. The predicted molar refractivity (Wildman–Crippen MR) is 64.4 cm³/mol. The Labute approximate surface area is 87.7 Å². The average molecular weight is 188 g/mol. The Morgan fingerprint density at radius 3 is 2.50 bits per heavy atom. The summed E-state index contributed by atoms with van der Waals surface area (Å²) >= 11 is 0. The number of hydrogen-bond acceptors (Lipinski definition) is 0. The van der Waals surface area contributed by atoms with E-state index >= 15 is 0 Å². The molecule has 76 valence electrons. The molecule has 0 aliphatic heterocycles. The Balaban J connectivity index is 2.99. The van der Waals surface area contributed by atoms with E-state index in [2.05, 4.69) is 51.6 Å². The minimum atomic E-state index is 0.620. The lowest BCUT2D eigenvalue weighted by Gasteiger charge is -2.20. The molecule has 0 amide bonds. The lowest BCUT2D eigenvalue weighted by Crippen LogP contribution is -2.06. The van der Waals surface area contributed by atoms with Crippen LogP contribution in [0.15, 0.2) is 30.8 Å². The quantitative estimate of drug-likeness (QED) is 0.653. The van der Waals surface area contributed by atoms with Gasteiger partial charge >= 0.3 is 0 Å². The molecule has 0 heteroatoms. The summed E-state index contributed by atoms with van der Waals surface area (Å²) < 4.78 is 0. The van der Waals surface area contributed by atoms with Crippen LogP contribution in [0, 0.1) is 5.92 Å². The Hall–Kier alpha value is -1.04. The fourth-order valence-corrected chi connectivity index (χ4v) is 1.77. The molecule has 14 heavy (non-hydrogen) atoms. The topological polar surface area (TPSA) is 0 Å². The average Bonchev–Trinajstić information content (AvgIpc) is 2.26. The molecule has 1 rings (SSSR count). The van der Waals surface area contributed by atoms with E-state index in [4.69, 9.17) is 0 Å². The molecule has 0 fully saturated rings. The van der Waals surface area contributed by atoms with Crippen molar-refractivity contribution in [1.82, 2.24) is 0 Å². The summed E-state index contributed by atoms with van der Waals surface area (Å²) in [7, 11) is 0. The second-order valence-electron chi connectivity index (χ2n) is 4.01. The molecule has 2 unspecified atom stereocenters. The molecular formula is C14H20. The van der Waals surface area contributed by atoms with Crippen LogP contribution in [0.5, 0.6) is 0 Å². The number of rotatable bonds is 4. The van der Waals surface area contributed by atoms with E-state index in [1.54, 1.807) is 0 Å². The minimum absolute atomic E-state index is 0.620. The van der Waals surface area contributed by atoms with Crippen LogP contribution in [0.1, 0.15) is 44.2 Å². The molecule has 0 aromatic heterocycles. The minimum Gasteiger partial charge on any atom is -0.0985 e. The van der Waals surface area contributed by atoms with Gasteiger partial charge in [0.1, 0.15) is 0 Å². The van der Waals surface area contributed by atoms with Crippen LogP contribution in [-0.2, 0) is 0 Å². The van der Waals surface area contributed by atoms with Gasteiger partial charge in [-0.05, 0) is 23.0 Å². The van der Waals surface area contributed by atoms with Crippen LogP contribution >= 0.6 is 0 Å². The molecule has 0 radical (unpaired) electrons. The van der Waals surface area contributed by atoms with E-state index < -0.39 is 0 Å². The molecule has 0 spiro atoms. The van der Waals surface area contributed by atoms with Crippen molar-refractivity contribution >= 4 is 6.08 Å². The van der Waals surface area contributed by atoms with E-state index in [9.17, 15) is 0 Å². The molecule has 1 aromatic carbocycles. The van der Waals surface area contributed by atoms with E-state index in [1.807, 2.05) is 6.08 Å². The zero-order chi connectivity index (χ0) is 10.6. The molecule has 1 aromatic rings. The van der Waals surface area contributed by atoms with Gasteiger partial charge in [-0.2, -0.15) is 0 Å². The molecule has 0 nitrogen and oxygen atoms in total. The third-order valence-electron chi connectivity index (χ3n) is 3.20. The highest BCUT2D eigenvalue weighted by Gasteiger charge is 2.14. The summed E-state index contributed by atoms with van der Waals surface area (Å²) in [6.07, 6.45) is 3.18. The highest BCUT2D eigenvalue weighted by atomic mass is 14.2. The Morgan fingerprint density at radius 2 is 1.93 bits per heavy atom. The first-order valence-corrected chi connectivity index (χ1v) is 5.42. The maximum absolute atomic E-state index is 3.86. The van der Waals surface area contributed by atoms with Gasteiger partial charge < -0.3 is 0 Å². The highest BCUT2D eigenvalue weighted by Crippen LogP contribution is 2.29. The lowest BCUT2D eigenvalue weighted by atomic mass is 9.85. The molecular weight excluding hydrogens is 168 g/mol. The van der Waals surface area contributed by atoms with E-state index in [-0.39, 0.29) is 0 Å². The smallest absolute Gasteiger partial charge is 0.0159 e. The number of hydrogen-bond donors (Lipinski definition) is 0. The number of benzene rings is 1. The third-order valence-corrected chi connectivity index (χ3v) is 3.20. The van der Waals surface area contributed by atoms with Gasteiger partial charge in [0.2, 0.25) is 0 Å². The molecule has 0 saturated carbocycles. The zero-order valence-corrected chi connectivity index (χ0v) is 9.46. The maximum atomic E-state index is 3.86. The van der Waals surface area contributed by atoms with Crippen molar-refractivity contribution in [3.05, 3.63) is 42.0 Å². The summed E-state index contributed by atoms with van der Waals surface area (Å²) in [6.45, 7) is 10.7. The first-order valence-electron chi connectivity index (χ1n) is 5.42. The third kappa shape index (κ3) is 2.25. The second-order valence-corrected chi connectivity index (χ2v) is 4.01. The molecule has 0 aliphatic rings. The fraction of sp³-hybridized carbons (Fsp3) is 0.429. The molecule has 0 N–H and O–H groups in total. The molecule has 2 atom stereocenters. The summed E-state index contributed by atoms with van der Waals surface area (Å²) in [4.78, 5) is 0. The van der Waals surface area contributed by atoms with E-state index in [0.29, 0.717) is 5.92 Å². The van der Waals surface area contributed by atoms with Crippen LogP contribution in [0.2, 0.25) is 0 Å². The van der Waals surface area contributed by atoms with Crippen molar-refractivity contribution in [1.29, 1.82) is 0 Å². The van der Waals surface area contributed by atoms with Crippen molar-refractivity contribution in [2.24, 2.45) is 5.92 Å². The van der Waals surface area contributed by atoms with Crippen LogP contribution in [-0.4, -0.2) is 0 Å². The molecule has 0 bridgehead atoms. The van der Waals surface area contributed by atoms with Crippen LogP contribution in [0.3, 0.4) is 0 Å². The van der Waals surface area contributed by atoms with Crippen LogP contribution < -0.4 is 0 Å². The second kappa shape index (κ2) is 4.99. The van der Waals surface area contributed by atoms with Gasteiger partial charge in [-0.25, -0.2) is 0 Å².